The molecule has 11 heteroatoms. The van der Waals surface area contributed by atoms with Crippen molar-refractivity contribution in [2.45, 2.75) is 17.9 Å². The number of rotatable bonds is 5. The maximum Gasteiger partial charge on any atom is 0.327 e. The Kier molecular flexibility index (Phi) is 4.23. The summed E-state index contributed by atoms with van der Waals surface area (Å²) in [4.78, 5) is 42.1. The zero-order chi connectivity index (χ0) is 16.5. The summed E-state index contributed by atoms with van der Waals surface area (Å²) in [6, 6.07) is 0. The molecule has 0 bridgehead atoms. The smallest absolute Gasteiger partial charge is 0.327 e. The van der Waals surface area contributed by atoms with E-state index < -0.39 is 41.5 Å². The van der Waals surface area contributed by atoms with Gasteiger partial charge >= 0.3 is 5.69 Å². The molecule has 0 unspecified atom stereocenters. The molecule has 0 spiro atoms. The molecule has 0 radical (unpaired) electrons. The summed E-state index contributed by atoms with van der Waals surface area (Å²) in [7, 11) is 0. The number of aliphatic hydroxyl groups excluding tert-OH is 3. The maximum atomic E-state index is 11.8. The third-order valence-corrected chi connectivity index (χ3v) is 3.37. The number of hydrogen-bond donors (Lipinski definition) is 6. The Hall–Kier alpha value is -2.34. The third kappa shape index (κ3) is 2.35. The lowest BCUT2D eigenvalue weighted by Gasteiger charge is -2.55. The number of H-pyrrole nitrogens is 2. The van der Waals surface area contributed by atoms with Crippen molar-refractivity contribution in [3.05, 3.63) is 20.8 Å². The van der Waals surface area contributed by atoms with E-state index in [1.54, 1.807) is 0 Å². The van der Waals surface area contributed by atoms with Crippen LogP contribution in [-0.2, 0) is 4.79 Å². The Morgan fingerprint density at radius 3 is 2.68 bits per heavy atom. The fraction of sp³-hybridized carbons (Fsp3) is 0.455. The van der Waals surface area contributed by atoms with Gasteiger partial charge in [0.15, 0.2) is 17.7 Å². The number of β-amino-alcohol motifs (C(OH)–C–C–N with tert-alkyl or cyclic N) is 1. The topological polar surface area (TPSA) is 179 Å². The third-order valence-electron chi connectivity index (χ3n) is 3.37. The summed E-state index contributed by atoms with van der Waals surface area (Å²) in [5.41, 5.74) is -4.55. The van der Waals surface area contributed by atoms with Gasteiger partial charge in [0.25, 0.3) is 5.56 Å². The van der Waals surface area contributed by atoms with Crippen molar-refractivity contribution in [1.82, 2.24) is 9.97 Å². The summed E-state index contributed by atoms with van der Waals surface area (Å²) < 4.78 is 0. The minimum atomic E-state index is -2.31. The van der Waals surface area contributed by atoms with E-state index in [1.165, 1.54) is 0 Å². The van der Waals surface area contributed by atoms with Crippen LogP contribution in [0.25, 0.3) is 0 Å². The fourth-order valence-corrected chi connectivity index (χ4v) is 2.22. The molecular formula is C11H14N4O7. The fourth-order valence-electron chi connectivity index (χ4n) is 2.22. The van der Waals surface area contributed by atoms with E-state index in [-0.39, 0.29) is 12.4 Å². The molecule has 2 heterocycles. The lowest BCUT2D eigenvalue weighted by Crippen LogP contribution is -2.77. The van der Waals surface area contributed by atoms with Crippen molar-refractivity contribution in [1.29, 1.82) is 0 Å². The highest BCUT2D eigenvalue weighted by molar-refractivity contribution is 6.13. The molecule has 0 aliphatic carbocycles. The number of aromatic amines is 2. The molecule has 3 atom stereocenters. The number of aliphatic hydroxyl groups is 4. The molecule has 1 saturated heterocycles. The lowest BCUT2D eigenvalue weighted by molar-refractivity contribution is -0.194. The number of carbonyl (C=O) groups is 1. The standard InChI is InChI=1S/C11H14N4O7/c16-2-1-12-7-8(13-10(21)14-9(7)20)15-3-5(18)11(15,22)6(19)4-17/h1-2,5-6,17-19,22H,3-4H2,(H2,13,14,20,21)/b12-1+/t5-,6+,11-/m0/s1. The average molecular weight is 314 g/mol. The van der Waals surface area contributed by atoms with E-state index in [4.69, 9.17) is 5.11 Å². The van der Waals surface area contributed by atoms with Gasteiger partial charge in [0, 0.05) is 0 Å². The molecule has 22 heavy (non-hydrogen) atoms. The van der Waals surface area contributed by atoms with Gasteiger partial charge in [0.1, 0.15) is 18.0 Å². The zero-order valence-corrected chi connectivity index (χ0v) is 11.1. The normalized spacial score (nSPS) is 26.0. The summed E-state index contributed by atoms with van der Waals surface area (Å²) in [6.45, 7) is -1.11. The largest absolute Gasteiger partial charge is 0.393 e. The number of nitrogens with zero attached hydrogens (tertiary/aromatic N) is 2. The Morgan fingerprint density at radius 1 is 1.45 bits per heavy atom. The summed E-state index contributed by atoms with van der Waals surface area (Å²) >= 11 is 0. The summed E-state index contributed by atoms with van der Waals surface area (Å²) in [6.07, 6.45) is -2.14. The SMILES string of the molecule is O=C/C=N/c1c(N2C[C@H](O)[C@]2(O)[C@H](O)CO)[nH]c(=O)[nH]c1=O. The molecule has 0 saturated carbocycles. The second kappa shape index (κ2) is 5.81. The minimum Gasteiger partial charge on any atom is -0.393 e. The minimum absolute atomic E-state index is 0.240. The second-order valence-electron chi connectivity index (χ2n) is 4.63. The van der Waals surface area contributed by atoms with E-state index in [2.05, 4.69) is 9.98 Å². The van der Waals surface area contributed by atoms with E-state index in [0.717, 1.165) is 11.1 Å². The number of carbonyl (C=O) groups excluding carboxylic acids is 1. The first-order valence-electron chi connectivity index (χ1n) is 6.17. The maximum absolute atomic E-state index is 11.8. The van der Waals surface area contributed by atoms with Crippen LogP contribution >= 0.6 is 0 Å². The number of hydrogen-bond acceptors (Lipinski definition) is 9. The number of anilines is 1. The van der Waals surface area contributed by atoms with Crippen LogP contribution in [0.1, 0.15) is 0 Å². The van der Waals surface area contributed by atoms with Crippen molar-refractivity contribution < 1.29 is 25.2 Å². The molecule has 6 N–H and O–H groups in total. The first-order chi connectivity index (χ1) is 10.4. The first kappa shape index (κ1) is 16.0. The molecule has 1 aliphatic rings. The van der Waals surface area contributed by atoms with E-state index in [9.17, 15) is 29.7 Å². The van der Waals surface area contributed by atoms with Gasteiger partial charge < -0.3 is 25.3 Å². The van der Waals surface area contributed by atoms with Crippen LogP contribution in [0, 0.1) is 0 Å². The van der Waals surface area contributed by atoms with Crippen LogP contribution < -0.4 is 16.1 Å². The highest BCUT2D eigenvalue weighted by Gasteiger charge is 2.57. The van der Waals surface area contributed by atoms with Gasteiger partial charge in [-0.05, 0) is 0 Å². The first-order valence-corrected chi connectivity index (χ1v) is 6.17. The molecule has 0 amide bonds. The molecule has 1 aromatic rings. The van der Waals surface area contributed by atoms with Crippen LogP contribution in [0.4, 0.5) is 11.5 Å². The van der Waals surface area contributed by atoms with Crippen LogP contribution in [0.15, 0.2) is 14.6 Å². The van der Waals surface area contributed by atoms with Gasteiger partial charge in [-0.1, -0.05) is 0 Å². The number of nitrogens with one attached hydrogen (secondary N) is 2. The predicted octanol–water partition coefficient (Wildman–Crippen LogP) is -3.81. The van der Waals surface area contributed by atoms with Crippen molar-refractivity contribution in [3.8, 4) is 0 Å². The Morgan fingerprint density at radius 2 is 2.14 bits per heavy atom. The molecule has 11 nitrogen and oxygen atoms in total. The van der Waals surface area contributed by atoms with E-state index in [0.29, 0.717) is 6.29 Å². The van der Waals surface area contributed by atoms with Gasteiger partial charge in [-0.25, -0.2) is 9.79 Å². The summed E-state index contributed by atoms with van der Waals surface area (Å²) in [5.74, 6) is -0.299. The molecular weight excluding hydrogens is 300 g/mol. The van der Waals surface area contributed by atoms with Crippen molar-refractivity contribution in [2.24, 2.45) is 4.99 Å². The Bertz CT molecular complexity index is 711. The van der Waals surface area contributed by atoms with Crippen molar-refractivity contribution in [2.75, 3.05) is 18.1 Å². The van der Waals surface area contributed by atoms with Crippen LogP contribution in [0.3, 0.4) is 0 Å². The van der Waals surface area contributed by atoms with Gasteiger partial charge in [0.2, 0.25) is 0 Å². The second-order valence-corrected chi connectivity index (χ2v) is 4.63. The molecule has 0 aromatic carbocycles. The molecule has 1 fully saturated rings. The highest BCUT2D eigenvalue weighted by atomic mass is 16.4. The van der Waals surface area contributed by atoms with Gasteiger partial charge in [-0.3, -0.25) is 19.6 Å². The Balaban J connectivity index is 2.57. The number of aromatic nitrogens is 2. The van der Waals surface area contributed by atoms with Crippen LogP contribution in [-0.4, -0.2) is 74.0 Å². The van der Waals surface area contributed by atoms with Crippen LogP contribution in [0.2, 0.25) is 0 Å². The number of aldehydes is 1. The van der Waals surface area contributed by atoms with E-state index >= 15 is 0 Å². The van der Waals surface area contributed by atoms with Crippen molar-refractivity contribution >= 4 is 24.0 Å². The predicted molar refractivity (Wildman–Crippen MR) is 73.3 cm³/mol. The number of aliphatic imine (C=N–C) groups is 1. The lowest BCUT2D eigenvalue weighted by atomic mass is 9.88. The molecule has 2 rings (SSSR count). The molecule has 1 aromatic heterocycles. The van der Waals surface area contributed by atoms with Crippen LogP contribution in [0.5, 0.6) is 0 Å². The monoisotopic (exact) mass is 314 g/mol. The van der Waals surface area contributed by atoms with Gasteiger partial charge in [-0.15, -0.1) is 0 Å². The molecule has 120 valence electrons. The van der Waals surface area contributed by atoms with Gasteiger partial charge in [-0.2, -0.15) is 0 Å². The zero-order valence-electron chi connectivity index (χ0n) is 11.1. The summed E-state index contributed by atoms with van der Waals surface area (Å²) in [5, 5.41) is 38.6. The molecule has 1 aliphatic heterocycles. The Labute approximate surface area is 122 Å². The van der Waals surface area contributed by atoms with Gasteiger partial charge in [0.05, 0.1) is 19.4 Å². The average Bonchev–Trinajstić information content (AvgIpc) is 2.49. The quantitative estimate of drug-likeness (QED) is 0.236. The highest BCUT2D eigenvalue weighted by Crippen LogP contribution is 2.38. The van der Waals surface area contributed by atoms with Crippen molar-refractivity contribution in [3.63, 3.8) is 0 Å². The van der Waals surface area contributed by atoms with E-state index in [1.807, 2.05) is 4.98 Å².